The van der Waals surface area contributed by atoms with Crippen molar-refractivity contribution < 1.29 is 43.9 Å². The molecule has 0 aliphatic heterocycles. The van der Waals surface area contributed by atoms with Crippen LogP contribution in [-0.4, -0.2) is 15.5 Å². The number of hydrogen-bond donors (Lipinski definition) is 1. The lowest BCUT2D eigenvalue weighted by atomic mass is 10.1. The quantitative estimate of drug-likeness (QED) is 0.336. The summed E-state index contributed by atoms with van der Waals surface area (Å²) in [4.78, 5) is -1.21. The second-order valence-corrected chi connectivity index (χ2v) is 8.68. The Balaban J connectivity index is 1.84. The number of furan rings is 1. The molecule has 4 rings (SSSR count). The third-order valence-electron chi connectivity index (χ3n) is 4.81. The van der Waals surface area contributed by atoms with Crippen LogP contribution in [0.5, 0.6) is 5.75 Å². The van der Waals surface area contributed by atoms with E-state index < -0.39 is 38.4 Å². The van der Waals surface area contributed by atoms with Gasteiger partial charge in [-0.3, -0.25) is 4.72 Å². The predicted molar refractivity (Wildman–Crippen MR) is 108 cm³/mol. The minimum Gasteiger partial charge on any atom is -0.495 e. The minimum absolute atomic E-state index is 0.0133. The van der Waals surface area contributed by atoms with Gasteiger partial charge in [0, 0.05) is 16.8 Å². The zero-order valence-electron chi connectivity index (χ0n) is 16.5. The fraction of sp³-hybridized carbons (Fsp3) is 0.143. The average molecular weight is 489 g/mol. The van der Waals surface area contributed by atoms with E-state index in [1.165, 1.54) is 19.2 Å². The molecule has 0 amide bonds. The number of fused-ring (bicyclic) bond motifs is 3. The molecular weight excluding hydrogens is 476 g/mol. The molecule has 0 radical (unpaired) electrons. The Kier molecular flexibility index (Phi) is 5.23. The Bertz CT molecular complexity index is 1440. The van der Waals surface area contributed by atoms with Crippen LogP contribution in [0.3, 0.4) is 0 Å². The number of rotatable bonds is 4. The summed E-state index contributed by atoms with van der Waals surface area (Å²) in [5.74, 6) is -0.0133. The number of sulfonamides is 1. The summed E-state index contributed by atoms with van der Waals surface area (Å²) in [5.41, 5.74) is -3.01. The number of nitrogens with one attached hydrogen (secondary N) is 1. The van der Waals surface area contributed by atoms with Crippen LogP contribution in [0.1, 0.15) is 11.1 Å². The van der Waals surface area contributed by atoms with Gasteiger partial charge in [0.1, 0.15) is 16.9 Å². The zero-order chi connectivity index (χ0) is 24.2. The van der Waals surface area contributed by atoms with Crippen LogP contribution in [-0.2, 0) is 22.4 Å². The van der Waals surface area contributed by atoms with Crippen molar-refractivity contribution in [3.05, 3.63) is 65.7 Å². The van der Waals surface area contributed by atoms with E-state index in [1.54, 1.807) is 24.3 Å². The number of benzene rings is 3. The normalized spacial score (nSPS) is 12.9. The van der Waals surface area contributed by atoms with E-state index in [0.29, 0.717) is 16.4 Å². The summed E-state index contributed by atoms with van der Waals surface area (Å²) in [6, 6.07) is 9.70. The Hall–Kier alpha value is -3.41. The van der Waals surface area contributed by atoms with Gasteiger partial charge in [-0.25, -0.2) is 8.42 Å². The van der Waals surface area contributed by atoms with Gasteiger partial charge >= 0.3 is 12.4 Å². The SMILES string of the molecule is COc1cc2c(cc1NS(=O)(=O)c1cc(C(F)(F)F)cc(C(F)(F)F)c1)oc1ccccc12. The van der Waals surface area contributed by atoms with Crippen molar-refractivity contribution in [2.75, 3.05) is 11.8 Å². The van der Waals surface area contributed by atoms with Gasteiger partial charge in [0.05, 0.1) is 28.8 Å². The highest BCUT2D eigenvalue weighted by Gasteiger charge is 2.38. The smallest absolute Gasteiger partial charge is 0.416 e. The lowest BCUT2D eigenvalue weighted by molar-refractivity contribution is -0.143. The molecule has 0 fully saturated rings. The Labute approximate surface area is 182 Å². The molecule has 5 nitrogen and oxygen atoms in total. The van der Waals surface area contributed by atoms with Crippen molar-refractivity contribution in [2.24, 2.45) is 0 Å². The van der Waals surface area contributed by atoms with Gasteiger partial charge < -0.3 is 9.15 Å². The maximum Gasteiger partial charge on any atom is 0.416 e. The molecule has 12 heteroatoms. The largest absolute Gasteiger partial charge is 0.495 e. The number of methoxy groups -OCH3 is 1. The van der Waals surface area contributed by atoms with Crippen molar-refractivity contribution >= 4 is 37.6 Å². The van der Waals surface area contributed by atoms with E-state index >= 15 is 0 Å². The molecule has 0 saturated heterocycles. The maximum atomic E-state index is 13.1. The molecule has 3 aromatic carbocycles. The summed E-state index contributed by atoms with van der Waals surface area (Å²) in [6.07, 6.45) is -10.4. The molecule has 0 unspecified atom stereocenters. The molecule has 0 saturated carbocycles. The maximum absolute atomic E-state index is 13.1. The predicted octanol–water partition coefficient (Wildman–Crippen LogP) is 6.43. The highest BCUT2D eigenvalue weighted by Crippen LogP contribution is 2.40. The number of alkyl halides is 6. The monoisotopic (exact) mass is 489 g/mol. The number of anilines is 1. The van der Waals surface area contributed by atoms with Crippen LogP contribution in [0, 0.1) is 0 Å². The third kappa shape index (κ3) is 4.30. The van der Waals surface area contributed by atoms with Crippen LogP contribution in [0.25, 0.3) is 21.9 Å². The van der Waals surface area contributed by atoms with Crippen molar-refractivity contribution in [2.45, 2.75) is 17.2 Å². The molecule has 0 spiro atoms. The standard InChI is InChI=1S/C21H13F6NO4S/c1-31-19-9-15-14-4-2-3-5-17(14)32-18(15)10-16(19)28-33(29,30)13-7-11(20(22,23)24)6-12(8-13)21(25,26)27/h2-10,28H,1H3. The first-order valence-corrected chi connectivity index (χ1v) is 10.6. The second kappa shape index (κ2) is 7.58. The molecule has 0 atom stereocenters. The van der Waals surface area contributed by atoms with E-state index in [9.17, 15) is 34.8 Å². The van der Waals surface area contributed by atoms with E-state index in [0.717, 1.165) is 0 Å². The Morgan fingerprint density at radius 3 is 2.00 bits per heavy atom. The first-order valence-electron chi connectivity index (χ1n) is 9.11. The van der Waals surface area contributed by atoms with Gasteiger partial charge in [-0.05, 0) is 30.3 Å². The molecule has 1 heterocycles. The number of hydrogen-bond acceptors (Lipinski definition) is 4. The highest BCUT2D eigenvalue weighted by atomic mass is 32.2. The lowest BCUT2D eigenvalue weighted by Crippen LogP contribution is -2.17. The lowest BCUT2D eigenvalue weighted by Gasteiger charge is -2.16. The third-order valence-corrected chi connectivity index (χ3v) is 6.16. The fourth-order valence-electron chi connectivity index (χ4n) is 3.29. The number of halogens is 6. The van der Waals surface area contributed by atoms with Gasteiger partial charge in [0.25, 0.3) is 10.0 Å². The Morgan fingerprint density at radius 2 is 1.42 bits per heavy atom. The van der Waals surface area contributed by atoms with E-state index in [1.807, 2.05) is 4.72 Å². The average Bonchev–Trinajstić information content (AvgIpc) is 3.08. The van der Waals surface area contributed by atoms with E-state index in [-0.39, 0.29) is 35.2 Å². The molecule has 33 heavy (non-hydrogen) atoms. The van der Waals surface area contributed by atoms with E-state index in [2.05, 4.69) is 0 Å². The van der Waals surface area contributed by atoms with Gasteiger partial charge in [-0.2, -0.15) is 26.3 Å². The topological polar surface area (TPSA) is 68.5 Å². The van der Waals surface area contributed by atoms with E-state index in [4.69, 9.17) is 9.15 Å². The van der Waals surface area contributed by atoms with Gasteiger partial charge in [0.15, 0.2) is 0 Å². The van der Waals surface area contributed by atoms with Crippen molar-refractivity contribution in [1.82, 2.24) is 0 Å². The Morgan fingerprint density at radius 1 is 0.818 bits per heavy atom. The molecule has 0 bridgehead atoms. The van der Waals surface area contributed by atoms with Crippen LogP contribution in [0.2, 0.25) is 0 Å². The number of ether oxygens (including phenoxy) is 1. The van der Waals surface area contributed by atoms with Gasteiger partial charge in [0.2, 0.25) is 0 Å². The second-order valence-electron chi connectivity index (χ2n) is 6.99. The van der Waals surface area contributed by atoms with Crippen molar-refractivity contribution in [3.63, 3.8) is 0 Å². The van der Waals surface area contributed by atoms with Crippen LogP contribution < -0.4 is 9.46 Å². The fourth-order valence-corrected chi connectivity index (χ4v) is 4.42. The zero-order valence-corrected chi connectivity index (χ0v) is 17.3. The van der Waals surface area contributed by atoms with Crippen molar-refractivity contribution in [1.29, 1.82) is 0 Å². The summed E-state index contributed by atoms with van der Waals surface area (Å²) >= 11 is 0. The first kappa shape index (κ1) is 22.8. The molecule has 1 N–H and O–H groups in total. The molecule has 0 aliphatic rings. The summed E-state index contributed by atoms with van der Waals surface area (Å²) in [5, 5.41) is 1.27. The summed E-state index contributed by atoms with van der Waals surface area (Å²) in [7, 11) is -3.65. The van der Waals surface area contributed by atoms with Crippen LogP contribution >= 0.6 is 0 Å². The van der Waals surface area contributed by atoms with Gasteiger partial charge in [-0.1, -0.05) is 18.2 Å². The molecule has 0 aliphatic carbocycles. The molecular formula is C21H13F6NO4S. The number of para-hydroxylation sites is 1. The summed E-state index contributed by atoms with van der Waals surface area (Å²) < 4.78 is 117. The molecule has 174 valence electrons. The summed E-state index contributed by atoms with van der Waals surface area (Å²) in [6.45, 7) is 0. The molecule has 1 aromatic heterocycles. The van der Waals surface area contributed by atoms with Crippen LogP contribution in [0.15, 0.2) is 63.9 Å². The van der Waals surface area contributed by atoms with Crippen LogP contribution in [0.4, 0.5) is 32.0 Å². The molecule has 4 aromatic rings. The minimum atomic E-state index is -5.20. The first-order chi connectivity index (χ1) is 15.3. The highest BCUT2D eigenvalue weighted by molar-refractivity contribution is 7.92. The van der Waals surface area contributed by atoms with Crippen molar-refractivity contribution in [3.8, 4) is 5.75 Å². The van der Waals surface area contributed by atoms with Gasteiger partial charge in [-0.15, -0.1) is 0 Å².